The SMILES string of the molecule is CC(C)Cn1ncnc1CC1CCCC1CNC(C)(C)C. The number of nitrogens with zero attached hydrogens (tertiary/aromatic N) is 3. The maximum atomic E-state index is 4.51. The fourth-order valence-corrected chi connectivity index (χ4v) is 3.27. The summed E-state index contributed by atoms with van der Waals surface area (Å²) in [4.78, 5) is 4.51. The Morgan fingerprint density at radius 1 is 1.29 bits per heavy atom. The van der Waals surface area contributed by atoms with Gasteiger partial charge in [-0.1, -0.05) is 20.3 Å². The zero-order valence-electron chi connectivity index (χ0n) is 14.4. The van der Waals surface area contributed by atoms with Crippen LogP contribution in [0.5, 0.6) is 0 Å². The molecule has 1 aliphatic carbocycles. The van der Waals surface area contributed by atoms with E-state index in [0.717, 1.165) is 31.3 Å². The van der Waals surface area contributed by atoms with E-state index in [2.05, 4.69) is 54.7 Å². The summed E-state index contributed by atoms with van der Waals surface area (Å²) >= 11 is 0. The molecule has 0 aliphatic heterocycles. The van der Waals surface area contributed by atoms with Crippen molar-refractivity contribution in [1.82, 2.24) is 20.1 Å². The molecule has 0 saturated heterocycles. The van der Waals surface area contributed by atoms with Gasteiger partial charge in [-0.3, -0.25) is 0 Å². The van der Waals surface area contributed by atoms with Gasteiger partial charge in [-0.25, -0.2) is 9.67 Å². The van der Waals surface area contributed by atoms with E-state index in [1.165, 1.54) is 25.1 Å². The van der Waals surface area contributed by atoms with E-state index in [0.29, 0.717) is 5.92 Å². The minimum Gasteiger partial charge on any atom is -0.312 e. The standard InChI is InChI=1S/C17H32N4/c1-13(2)11-21-16(18-12-20-21)9-14-7-6-8-15(14)10-19-17(3,4)5/h12-15,19H,6-11H2,1-5H3. The molecule has 1 saturated carbocycles. The summed E-state index contributed by atoms with van der Waals surface area (Å²) in [5.74, 6) is 3.34. The first-order chi connectivity index (χ1) is 9.85. The monoisotopic (exact) mass is 292 g/mol. The summed E-state index contributed by atoms with van der Waals surface area (Å²) in [6.45, 7) is 13.3. The molecule has 0 radical (unpaired) electrons. The summed E-state index contributed by atoms with van der Waals surface area (Å²) in [5.41, 5.74) is 0.213. The van der Waals surface area contributed by atoms with Crippen molar-refractivity contribution in [1.29, 1.82) is 0 Å². The highest BCUT2D eigenvalue weighted by atomic mass is 15.3. The van der Waals surface area contributed by atoms with E-state index in [-0.39, 0.29) is 5.54 Å². The van der Waals surface area contributed by atoms with Gasteiger partial charge in [0, 0.05) is 18.5 Å². The fraction of sp³-hybridized carbons (Fsp3) is 0.882. The molecule has 4 heteroatoms. The molecule has 1 fully saturated rings. The Labute approximate surface area is 129 Å². The van der Waals surface area contributed by atoms with Gasteiger partial charge in [-0.05, 0) is 57.9 Å². The van der Waals surface area contributed by atoms with E-state index in [1.807, 2.05) is 0 Å². The third-order valence-electron chi connectivity index (χ3n) is 4.39. The third kappa shape index (κ3) is 5.10. The quantitative estimate of drug-likeness (QED) is 0.875. The molecule has 4 nitrogen and oxygen atoms in total. The largest absolute Gasteiger partial charge is 0.312 e. The maximum absolute atomic E-state index is 4.51. The van der Waals surface area contributed by atoms with Crippen LogP contribution in [-0.2, 0) is 13.0 Å². The van der Waals surface area contributed by atoms with Crippen LogP contribution in [0.1, 0.15) is 59.7 Å². The van der Waals surface area contributed by atoms with Crippen molar-refractivity contribution < 1.29 is 0 Å². The van der Waals surface area contributed by atoms with E-state index in [9.17, 15) is 0 Å². The smallest absolute Gasteiger partial charge is 0.138 e. The van der Waals surface area contributed by atoms with Crippen molar-refractivity contribution >= 4 is 0 Å². The molecule has 1 aromatic heterocycles. The molecule has 21 heavy (non-hydrogen) atoms. The predicted octanol–water partition coefficient (Wildman–Crippen LogP) is 3.28. The molecule has 1 heterocycles. The Balaban J connectivity index is 1.93. The van der Waals surface area contributed by atoms with Crippen LogP contribution in [0.25, 0.3) is 0 Å². The van der Waals surface area contributed by atoms with Crippen LogP contribution in [0.4, 0.5) is 0 Å². The summed E-state index contributed by atoms with van der Waals surface area (Å²) in [5, 5.41) is 8.08. The Hall–Kier alpha value is -0.900. The van der Waals surface area contributed by atoms with Crippen molar-refractivity contribution in [3.63, 3.8) is 0 Å². The first kappa shape index (κ1) is 16.5. The lowest BCUT2D eigenvalue weighted by Gasteiger charge is -2.26. The Morgan fingerprint density at radius 3 is 2.67 bits per heavy atom. The predicted molar refractivity (Wildman–Crippen MR) is 87.2 cm³/mol. The van der Waals surface area contributed by atoms with E-state index < -0.39 is 0 Å². The minimum atomic E-state index is 0.213. The van der Waals surface area contributed by atoms with Crippen LogP contribution in [0.3, 0.4) is 0 Å². The third-order valence-corrected chi connectivity index (χ3v) is 4.39. The first-order valence-corrected chi connectivity index (χ1v) is 8.47. The number of rotatable bonds is 6. The van der Waals surface area contributed by atoms with Crippen molar-refractivity contribution in [2.24, 2.45) is 17.8 Å². The molecule has 2 unspecified atom stereocenters. The molecule has 2 rings (SSSR count). The molecule has 0 spiro atoms. The molecule has 0 amide bonds. The van der Waals surface area contributed by atoms with Crippen LogP contribution in [-0.4, -0.2) is 26.8 Å². The van der Waals surface area contributed by atoms with Crippen molar-refractivity contribution in [3.8, 4) is 0 Å². The number of aromatic nitrogens is 3. The molecule has 1 aliphatic rings. The molecule has 2 atom stereocenters. The summed E-state index contributed by atoms with van der Waals surface area (Å²) in [6.07, 6.45) is 6.86. The van der Waals surface area contributed by atoms with Gasteiger partial charge in [0.25, 0.3) is 0 Å². The number of hydrogen-bond donors (Lipinski definition) is 1. The summed E-state index contributed by atoms with van der Waals surface area (Å²) in [6, 6.07) is 0. The highest BCUT2D eigenvalue weighted by Crippen LogP contribution is 2.33. The second-order valence-electron chi connectivity index (χ2n) is 8.04. The van der Waals surface area contributed by atoms with Crippen molar-refractivity contribution in [2.75, 3.05) is 6.54 Å². The molecule has 120 valence electrons. The molecular weight excluding hydrogens is 260 g/mol. The minimum absolute atomic E-state index is 0.213. The van der Waals surface area contributed by atoms with E-state index in [4.69, 9.17) is 0 Å². The molecule has 0 aromatic carbocycles. The van der Waals surface area contributed by atoms with Gasteiger partial charge >= 0.3 is 0 Å². The number of nitrogens with one attached hydrogen (secondary N) is 1. The zero-order chi connectivity index (χ0) is 15.5. The van der Waals surface area contributed by atoms with Crippen molar-refractivity contribution in [2.45, 2.75) is 72.4 Å². The van der Waals surface area contributed by atoms with Crippen LogP contribution in [0.15, 0.2) is 6.33 Å². The van der Waals surface area contributed by atoms with Gasteiger partial charge in [0.1, 0.15) is 12.2 Å². The van der Waals surface area contributed by atoms with Crippen LogP contribution >= 0.6 is 0 Å². The van der Waals surface area contributed by atoms with Gasteiger partial charge in [0.2, 0.25) is 0 Å². The van der Waals surface area contributed by atoms with Crippen molar-refractivity contribution in [3.05, 3.63) is 12.2 Å². The summed E-state index contributed by atoms with van der Waals surface area (Å²) in [7, 11) is 0. The highest BCUT2D eigenvalue weighted by molar-refractivity contribution is 4.92. The molecule has 0 bridgehead atoms. The normalized spacial score (nSPS) is 23.1. The Kier molecular flexibility index (Phi) is 5.42. The summed E-state index contributed by atoms with van der Waals surface area (Å²) < 4.78 is 2.11. The van der Waals surface area contributed by atoms with Gasteiger partial charge in [-0.15, -0.1) is 0 Å². The average Bonchev–Trinajstić information content (AvgIpc) is 2.96. The Morgan fingerprint density at radius 2 is 2.00 bits per heavy atom. The van der Waals surface area contributed by atoms with E-state index >= 15 is 0 Å². The zero-order valence-corrected chi connectivity index (χ0v) is 14.4. The molecular formula is C17H32N4. The lowest BCUT2D eigenvalue weighted by atomic mass is 9.91. The topological polar surface area (TPSA) is 42.7 Å². The lowest BCUT2D eigenvalue weighted by molar-refractivity contribution is 0.310. The Bertz CT molecular complexity index is 430. The average molecular weight is 292 g/mol. The fourth-order valence-electron chi connectivity index (χ4n) is 3.27. The highest BCUT2D eigenvalue weighted by Gasteiger charge is 2.29. The molecule has 1 aromatic rings. The van der Waals surface area contributed by atoms with Gasteiger partial charge in [0.05, 0.1) is 0 Å². The van der Waals surface area contributed by atoms with E-state index in [1.54, 1.807) is 6.33 Å². The van der Waals surface area contributed by atoms with Crippen LogP contribution < -0.4 is 5.32 Å². The number of hydrogen-bond acceptors (Lipinski definition) is 3. The van der Waals surface area contributed by atoms with Crippen LogP contribution in [0, 0.1) is 17.8 Å². The molecule has 1 N–H and O–H groups in total. The van der Waals surface area contributed by atoms with Gasteiger partial charge < -0.3 is 5.32 Å². The maximum Gasteiger partial charge on any atom is 0.138 e. The second kappa shape index (κ2) is 6.91. The first-order valence-electron chi connectivity index (χ1n) is 8.47. The van der Waals surface area contributed by atoms with Crippen LogP contribution in [0.2, 0.25) is 0 Å². The van der Waals surface area contributed by atoms with Gasteiger partial charge in [0.15, 0.2) is 0 Å². The second-order valence-corrected chi connectivity index (χ2v) is 8.04. The van der Waals surface area contributed by atoms with Gasteiger partial charge in [-0.2, -0.15) is 5.10 Å². The lowest BCUT2D eigenvalue weighted by Crippen LogP contribution is -2.40.